The topological polar surface area (TPSA) is 66.3 Å². The normalized spacial score (nSPS) is 15.5. The van der Waals surface area contributed by atoms with Crippen LogP contribution < -0.4 is 5.32 Å². The standard InChI is InChI=1S/C23H29ClN6O/c1-4-28-9-11-29(12-10-28)13-14-30-22-20(17(3)27-30)21(24)19(15-25-22)23(31)26-18-7-5-16(2)6-8-18/h5-8,15H,4,9-14H2,1-3H3,(H,26,31). The van der Waals surface area contributed by atoms with Gasteiger partial charge in [-0.25, -0.2) is 9.67 Å². The second kappa shape index (κ2) is 9.34. The molecular weight excluding hydrogens is 412 g/mol. The molecule has 3 heterocycles. The molecule has 0 radical (unpaired) electrons. The molecule has 4 rings (SSSR count). The summed E-state index contributed by atoms with van der Waals surface area (Å²) in [7, 11) is 0. The Morgan fingerprint density at radius 2 is 1.74 bits per heavy atom. The molecule has 0 saturated carbocycles. The molecule has 8 heteroatoms. The third-order valence-electron chi connectivity index (χ3n) is 5.97. The number of nitrogens with zero attached hydrogens (tertiary/aromatic N) is 5. The third kappa shape index (κ3) is 4.74. The molecule has 2 aromatic heterocycles. The lowest BCUT2D eigenvalue weighted by atomic mass is 10.2. The van der Waals surface area contributed by atoms with Gasteiger partial charge in [0.2, 0.25) is 0 Å². The van der Waals surface area contributed by atoms with Crippen molar-refractivity contribution >= 4 is 34.2 Å². The van der Waals surface area contributed by atoms with Gasteiger partial charge in [0.1, 0.15) is 0 Å². The largest absolute Gasteiger partial charge is 0.322 e. The number of likely N-dealkylation sites (N-methyl/N-ethyl adjacent to an activating group) is 1. The number of rotatable bonds is 6. The van der Waals surface area contributed by atoms with Crippen LogP contribution in [0.15, 0.2) is 30.5 Å². The van der Waals surface area contributed by atoms with Crippen LogP contribution in [0.3, 0.4) is 0 Å². The van der Waals surface area contributed by atoms with E-state index < -0.39 is 0 Å². The van der Waals surface area contributed by atoms with E-state index in [-0.39, 0.29) is 5.91 Å². The zero-order valence-electron chi connectivity index (χ0n) is 18.4. The number of nitrogens with one attached hydrogen (secondary N) is 1. The molecule has 1 aliphatic rings. The summed E-state index contributed by atoms with van der Waals surface area (Å²) in [5.41, 5.74) is 3.72. The average molecular weight is 441 g/mol. The Labute approximate surface area is 188 Å². The summed E-state index contributed by atoms with van der Waals surface area (Å²) in [6, 6.07) is 7.65. The number of halogens is 1. The highest BCUT2D eigenvalue weighted by molar-refractivity contribution is 6.39. The van der Waals surface area contributed by atoms with Gasteiger partial charge in [-0.05, 0) is 32.5 Å². The van der Waals surface area contributed by atoms with E-state index in [1.165, 1.54) is 0 Å². The van der Waals surface area contributed by atoms with Gasteiger partial charge in [-0.3, -0.25) is 9.69 Å². The molecule has 0 unspecified atom stereocenters. The van der Waals surface area contributed by atoms with E-state index in [0.29, 0.717) is 10.6 Å². The molecule has 7 nitrogen and oxygen atoms in total. The van der Waals surface area contributed by atoms with Gasteiger partial charge in [-0.1, -0.05) is 36.2 Å². The fourth-order valence-electron chi connectivity index (χ4n) is 3.99. The van der Waals surface area contributed by atoms with E-state index in [2.05, 4.69) is 32.1 Å². The molecule has 1 aromatic carbocycles. The van der Waals surface area contributed by atoms with Crippen molar-refractivity contribution in [3.63, 3.8) is 0 Å². The molecule has 1 aliphatic heterocycles. The van der Waals surface area contributed by atoms with E-state index >= 15 is 0 Å². The monoisotopic (exact) mass is 440 g/mol. The van der Waals surface area contributed by atoms with Crippen LogP contribution in [0.2, 0.25) is 5.02 Å². The molecule has 1 saturated heterocycles. The number of piperazine rings is 1. The van der Waals surface area contributed by atoms with Gasteiger partial charge in [0, 0.05) is 44.6 Å². The quantitative estimate of drug-likeness (QED) is 0.634. The number of benzene rings is 1. The van der Waals surface area contributed by atoms with Crippen LogP contribution in [-0.2, 0) is 6.54 Å². The highest BCUT2D eigenvalue weighted by Crippen LogP contribution is 2.29. The minimum Gasteiger partial charge on any atom is -0.322 e. The van der Waals surface area contributed by atoms with Gasteiger partial charge in [0.15, 0.2) is 5.65 Å². The first-order valence-electron chi connectivity index (χ1n) is 10.8. The molecule has 31 heavy (non-hydrogen) atoms. The second-order valence-corrected chi connectivity index (χ2v) is 8.47. The molecule has 0 atom stereocenters. The summed E-state index contributed by atoms with van der Waals surface area (Å²) >= 11 is 6.66. The molecule has 1 amide bonds. The SMILES string of the molecule is CCN1CCN(CCn2nc(C)c3c(Cl)c(C(=O)Nc4ccc(C)cc4)cnc32)CC1. The number of amides is 1. The van der Waals surface area contributed by atoms with Crippen LogP contribution >= 0.6 is 11.6 Å². The van der Waals surface area contributed by atoms with E-state index in [9.17, 15) is 4.79 Å². The van der Waals surface area contributed by atoms with E-state index in [0.717, 1.165) is 73.8 Å². The maximum Gasteiger partial charge on any atom is 0.258 e. The highest BCUT2D eigenvalue weighted by Gasteiger charge is 2.21. The molecule has 0 spiro atoms. The van der Waals surface area contributed by atoms with Crippen molar-refractivity contribution in [2.24, 2.45) is 0 Å². The van der Waals surface area contributed by atoms with Crippen LogP contribution in [-0.4, -0.2) is 69.7 Å². The lowest BCUT2D eigenvalue weighted by molar-refractivity contribution is 0.102. The third-order valence-corrected chi connectivity index (χ3v) is 6.36. The summed E-state index contributed by atoms with van der Waals surface area (Å²) in [5.74, 6) is -0.274. The number of pyridine rings is 1. The predicted octanol–water partition coefficient (Wildman–Crippen LogP) is 3.59. The van der Waals surface area contributed by atoms with Gasteiger partial charge in [-0.15, -0.1) is 0 Å². The van der Waals surface area contributed by atoms with Gasteiger partial charge < -0.3 is 10.2 Å². The number of hydrogen-bond donors (Lipinski definition) is 1. The van der Waals surface area contributed by atoms with Crippen LogP contribution in [0.1, 0.15) is 28.5 Å². The van der Waals surface area contributed by atoms with Crippen molar-refractivity contribution in [3.05, 3.63) is 52.3 Å². The van der Waals surface area contributed by atoms with Crippen molar-refractivity contribution in [3.8, 4) is 0 Å². The van der Waals surface area contributed by atoms with Crippen molar-refractivity contribution in [1.82, 2.24) is 24.6 Å². The van der Waals surface area contributed by atoms with E-state index in [1.807, 2.05) is 42.8 Å². The maximum absolute atomic E-state index is 12.8. The minimum atomic E-state index is -0.274. The second-order valence-electron chi connectivity index (χ2n) is 8.09. The number of aromatic nitrogens is 3. The number of anilines is 1. The lowest BCUT2D eigenvalue weighted by Crippen LogP contribution is -2.46. The summed E-state index contributed by atoms with van der Waals surface area (Å²) in [6.45, 7) is 13.3. The zero-order chi connectivity index (χ0) is 22.0. The lowest BCUT2D eigenvalue weighted by Gasteiger charge is -2.33. The first kappa shape index (κ1) is 21.7. The molecule has 3 aromatic rings. The Morgan fingerprint density at radius 3 is 2.42 bits per heavy atom. The zero-order valence-corrected chi connectivity index (χ0v) is 19.1. The Kier molecular flexibility index (Phi) is 6.55. The molecule has 0 aliphatic carbocycles. The number of aryl methyl sites for hydroxylation is 2. The van der Waals surface area contributed by atoms with Crippen molar-refractivity contribution in [1.29, 1.82) is 0 Å². The summed E-state index contributed by atoms with van der Waals surface area (Å²) in [6.07, 6.45) is 1.55. The first-order chi connectivity index (χ1) is 15.0. The average Bonchev–Trinajstić information content (AvgIpc) is 3.10. The van der Waals surface area contributed by atoms with E-state index in [1.54, 1.807) is 6.20 Å². The van der Waals surface area contributed by atoms with Crippen LogP contribution in [0.4, 0.5) is 5.69 Å². The Morgan fingerprint density at radius 1 is 1.06 bits per heavy atom. The number of carbonyl (C=O) groups is 1. The molecule has 1 fully saturated rings. The molecule has 0 bridgehead atoms. The minimum absolute atomic E-state index is 0.274. The summed E-state index contributed by atoms with van der Waals surface area (Å²) in [5, 5.41) is 8.70. The molecular formula is C23H29ClN6O. The van der Waals surface area contributed by atoms with E-state index in [4.69, 9.17) is 11.6 Å². The highest BCUT2D eigenvalue weighted by atomic mass is 35.5. The Balaban J connectivity index is 1.50. The van der Waals surface area contributed by atoms with Crippen molar-refractivity contribution in [2.75, 3.05) is 44.6 Å². The Hall–Kier alpha value is -2.48. The van der Waals surface area contributed by atoms with Gasteiger partial charge >= 0.3 is 0 Å². The number of hydrogen-bond acceptors (Lipinski definition) is 5. The van der Waals surface area contributed by atoms with Crippen molar-refractivity contribution in [2.45, 2.75) is 27.3 Å². The maximum atomic E-state index is 12.8. The summed E-state index contributed by atoms with van der Waals surface area (Å²) in [4.78, 5) is 22.3. The van der Waals surface area contributed by atoms with Crippen LogP contribution in [0.5, 0.6) is 0 Å². The van der Waals surface area contributed by atoms with Crippen LogP contribution in [0, 0.1) is 13.8 Å². The smallest absolute Gasteiger partial charge is 0.258 e. The van der Waals surface area contributed by atoms with Crippen molar-refractivity contribution < 1.29 is 4.79 Å². The Bertz CT molecular complexity index is 1070. The number of fused-ring (bicyclic) bond motifs is 1. The number of carbonyl (C=O) groups excluding carboxylic acids is 1. The molecule has 1 N–H and O–H groups in total. The predicted molar refractivity (Wildman–Crippen MR) is 125 cm³/mol. The van der Waals surface area contributed by atoms with Gasteiger partial charge in [-0.2, -0.15) is 5.10 Å². The van der Waals surface area contributed by atoms with Gasteiger partial charge in [0.05, 0.1) is 28.2 Å². The molecule has 164 valence electrons. The fraction of sp³-hybridized carbons (Fsp3) is 0.435. The van der Waals surface area contributed by atoms with Crippen LogP contribution in [0.25, 0.3) is 11.0 Å². The first-order valence-corrected chi connectivity index (χ1v) is 11.2. The fourth-order valence-corrected chi connectivity index (χ4v) is 4.35. The van der Waals surface area contributed by atoms with Gasteiger partial charge in [0.25, 0.3) is 5.91 Å². The summed E-state index contributed by atoms with van der Waals surface area (Å²) < 4.78 is 1.91.